The van der Waals surface area contributed by atoms with Gasteiger partial charge in [0.2, 0.25) is 0 Å². The van der Waals surface area contributed by atoms with E-state index in [1.165, 1.54) is 48.7 Å². The van der Waals surface area contributed by atoms with Crippen LogP contribution in [-0.4, -0.2) is 35.1 Å². The van der Waals surface area contributed by atoms with E-state index in [2.05, 4.69) is 28.3 Å². The fourth-order valence-electron chi connectivity index (χ4n) is 3.22. The maximum absolute atomic E-state index is 4.36. The largest absolute Gasteiger partial charge is 0.312 e. The zero-order chi connectivity index (χ0) is 11.7. The molecule has 1 aromatic rings. The van der Waals surface area contributed by atoms with Crippen molar-refractivity contribution in [1.82, 2.24) is 15.2 Å². The van der Waals surface area contributed by atoms with Crippen LogP contribution >= 0.6 is 11.3 Å². The maximum atomic E-state index is 4.36. The standard InChI is InChI=1S/C13H21N3S/c1-10-15-8-11(17-10)9-16-7-3-5-13(16)12-4-2-6-14-12/h8,12-14H,2-7,9H2,1H3. The molecule has 0 aliphatic carbocycles. The van der Waals surface area contributed by atoms with E-state index < -0.39 is 0 Å². The van der Waals surface area contributed by atoms with Crippen LogP contribution in [0.4, 0.5) is 0 Å². The molecule has 2 aliphatic heterocycles. The van der Waals surface area contributed by atoms with Gasteiger partial charge in [0.1, 0.15) is 0 Å². The second kappa shape index (κ2) is 5.04. The van der Waals surface area contributed by atoms with Crippen LogP contribution in [0, 0.1) is 6.92 Å². The number of thiazole rings is 1. The number of aryl methyl sites for hydroxylation is 1. The van der Waals surface area contributed by atoms with E-state index in [1.54, 1.807) is 0 Å². The second-order valence-corrected chi connectivity index (χ2v) is 6.55. The molecule has 3 heterocycles. The normalized spacial score (nSPS) is 30.2. The summed E-state index contributed by atoms with van der Waals surface area (Å²) in [6.45, 7) is 5.68. The number of hydrogen-bond donors (Lipinski definition) is 1. The van der Waals surface area contributed by atoms with Gasteiger partial charge in [-0.2, -0.15) is 0 Å². The lowest BCUT2D eigenvalue weighted by Gasteiger charge is -2.28. The van der Waals surface area contributed by atoms with Gasteiger partial charge in [-0.3, -0.25) is 4.90 Å². The van der Waals surface area contributed by atoms with Crippen molar-refractivity contribution in [2.24, 2.45) is 0 Å². The van der Waals surface area contributed by atoms with E-state index in [-0.39, 0.29) is 0 Å². The number of rotatable bonds is 3. The van der Waals surface area contributed by atoms with Gasteiger partial charge >= 0.3 is 0 Å². The molecule has 3 nitrogen and oxygen atoms in total. The molecule has 17 heavy (non-hydrogen) atoms. The zero-order valence-corrected chi connectivity index (χ0v) is 11.3. The van der Waals surface area contributed by atoms with Gasteiger partial charge in [-0.1, -0.05) is 0 Å². The molecule has 1 N–H and O–H groups in total. The van der Waals surface area contributed by atoms with Gasteiger partial charge in [0.05, 0.1) is 5.01 Å². The SMILES string of the molecule is Cc1ncc(CN2CCCC2C2CCCN2)s1. The second-order valence-electron chi connectivity index (χ2n) is 5.23. The summed E-state index contributed by atoms with van der Waals surface area (Å²) in [4.78, 5) is 8.44. The molecule has 1 aromatic heterocycles. The first-order valence-corrected chi connectivity index (χ1v) is 7.53. The summed E-state index contributed by atoms with van der Waals surface area (Å²) in [5.74, 6) is 0. The molecule has 0 saturated carbocycles. The molecule has 4 heteroatoms. The van der Waals surface area contributed by atoms with E-state index in [9.17, 15) is 0 Å². The molecule has 0 amide bonds. The first kappa shape index (κ1) is 11.6. The molecule has 2 unspecified atom stereocenters. The maximum Gasteiger partial charge on any atom is 0.0897 e. The molecule has 0 radical (unpaired) electrons. The Morgan fingerprint density at radius 2 is 2.41 bits per heavy atom. The Morgan fingerprint density at radius 3 is 3.12 bits per heavy atom. The van der Waals surface area contributed by atoms with Crippen LogP contribution < -0.4 is 5.32 Å². The number of nitrogens with one attached hydrogen (secondary N) is 1. The van der Waals surface area contributed by atoms with E-state index in [4.69, 9.17) is 0 Å². The Balaban J connectivity index is 1.65. The van der Waals surface area contributed by atoms with Gasteiger partial charge in [-0.15, -0.1) is 11.3 Å². The highest BCUT2D eigenvalue weighted by molar-refractivity contribution is 7.11. The van der Waals surface area contributed by atoms with Gasteiger partial charge < -0.3 is 5.32 Å². The molecule has 2 atom stereocenters. The fraction of sp³-hybridized carbons (Fsp3) is 0.769. The average Bonchev–Trinajstić information content (AvgIpc) is 3.00. The minimum atomic E-state index is 0.742. The Kier molecular flexibility index (Phi) is 3.45. The highest BCUT2D eigenvalue weighted by atomic mass is 32.1. The summed E-state index contributed by atoms with van der Waals surface area (Å²) < 4.78 is 0. The van der Waals surface area contributed by atoms with Crippen LogP contribution in [0.2, 0.25) is 0 Å². The third-order valence-corrected chi connectivity index (χ3v) is 4.90. The number of likely N-dealkylation sites (tertiary alicyclic amines) is 1. The summed E-state index contributed by atoms with van der Waals surface area (Å²) in [6.07, 6.45) is 7.51. The van der Waals surface area contributed by atoms with Crippen molar-refractivity contribution in [3.05, 3.63) is 16.1 Å². The lowest BCUT2D eigenvalue weighted by Crippen LogP contribution is -2.43. The summed E-state index contributed by atoms with van der Waals surface area (Å²) in [5, 5.41) is 4.86. The summed E-state index contributed by atoms with van der Waals surface area (Å²) in [7, 11) is 0. The molecule has 2 aliphatic rings. The number of hydrogen-bond acceptors (Lipinski definition) is 4. The first-order valence-electron chi connectivity index (χ1n) is 6.71. The molecule has 2 saturated heterocycles. The summed E-state index contributed by atoms with van der Waals surface area (Å²) in [6, 6.07) is 1.51. The molecule has 3 rings (SSSR count). The third-order valence-electron chi connectivity index (χ3n) is 4.01. The van der Waals surface area contributed by atoms with Crippen molar-refractivity contribution in [1.29, 1.82) is 0 Å². The highest BCUT2D eigenvalue weighted by Gasteiger charge is 2.33. The minimum Gasteiger partial charge on any atom is -0.312 e. The van der Waals surface area contributed by atoms with Gasteiger partial charge in [0, 0.05) is 29.7 Å². The lowest BCUT2D eigenvalue weighted by atomic mass is 10.0. The van der Waals surface area contributed by atoms with E-state index in [0.29, 0.717) is 0 Å². The topological polar surface area (TPSA) is 28.2 Å². The van der Waals surface area contributed by atoms with Crippen molar-refractivity contribution in [2.45, 2.75) is 51.2 Å². The third kappa shape index (κ3) is 2.54. The van der Waals surface area contributed by atoms with Gasteiger partial charge in [-0.05, 0) is 45.7 Å². The van der Waals surface area contributed by atoms with Crippen molar-refractivity contribution >= 4 is 11.3 Å². The predicted molar refractivity (Wildman–Crippen MR) is 71.3 cm³/mol. The smallest absolute Gasteiger partial charge is 0.0897 e. The fourth-order valence-corrected chi connectivity index (χ4v) is 4.04. The molecule has 2 fully saturated rings. The Labute approximate surface area is 107 Å². The summed E-state index contributed by atoms with van der Waals surface area (Å²) >= 11 is 1.85. The van der Waals surface area contributed by atoms with Crippen LogP contribution in [0.1, 0.15) is 35.6 Å². The summed E-state index contributed by atoms with van der Waals surface area (Å²) in [5.41, 5.74) is 0. The first-order chi connectivity index (χ1) is 8.33. The van der Waals surface area contributed by atoms with Crippen LogP contribution in [0.25, 0.3) is 0 Å². The minimum absolute atomic E-state index is 0.742. The molecule has 94 valence electrons. The van der Waals surface area contributed by atoms with Crippen molar-refractivity contribution < 1.29 is 0 Å². The Morgan fingerprint density at radius 1 is 1.47 bits per heavy atom. The van der Waals surface area contributed by atoms with Crippen molar-refractivity contribution in [3.8, 4) is 0 Å². The number of aromatic nitrogens is 1. The highest BCUT2D eigenvalue weighted by Crippen LogP contribution is 2.27. The molecule has 0 aromatic carbocycles. The number of nitrogens with zero attached hydrogens (tertiary/aromatic N) is 2. The average molecular weight is 251 g/mol. The monoisotopic (exact) mass is 251 g/mol. The predicted octanol–water partition coefficient (Wildman–Crippen LogP) is 2.17. The Bertz CT molecular complexity index is 370. The molecular weight excluding hydrogens is 230 g/mol. The van der Waals surface area contributed by atoms with Gasteiger partial charge in [0.25, 0.3) is 0 Å². The van der Waals surface area contributed by atoms with Crippen LogP contribution in [0.5, 0.6) is 0 Å². The Hall–Kier alpha value is -0.450. The van der Waals surface area contributed by atoms with Gasteiger partial charge in [0.15, 0.2) is 0 Å². The quantitative estimate of drug-likeness (QED) is 0.892. The molecular formula is C13H21N3S. The van der Waals surface area contributed by atoms with E-state index in [0.717, 1.165) is 18.6 Å². The van der Waals surface area contributed by atoms with Crippen LogP contribution in [0.15, 0.2) is 6.20 Å². The van der Waals surface area contributed by atoms with Gasteiger partial charge in [-0.25, -0.2) is 4.98 Å². The van der Waals surface area contributed by atoms with Crippen molar-refractivity contribution in [3.63, 3.8) is 0 Å². The zero-order valence-electron chi connectivity index (χ0n) is 10.5. The van der Waals surface area contributed by atoms with Crippen LogP contribution in [-0.2, 0) is 6.54 Å². The van der Waals surface area contributed by atoms with Crippen LogP contribution in [0.3, 0.4) is 0 Å². The van der Waals surface area contributed by atoms with Crippen molar-refractivity contribution in [2.75, 3.05) is 13.1 Å². The molecule has 0 spiro atoms. The molecule has 0 bridgehead atoms. The lowest BCUT2D eigenvalue weighted by molar-refractivity contribution is 0.208. The van der Waals surface area contributed by atoms with E-state index in [1.807, 2.05) is 11.3 Å². The van der Waals surface area contributed by atoms with E-state index >= 15 is 0 Å².